The number of nitrogen functional groups attached to an aromatic ring is 1. The lowest BCUT2D eigenvalue weighted by molar-refractivity contribution is 0.261. The molecule has 0 fully saturated rings. The van der Waals surface area contributed by atoms with Crippen LogP contribution in [0.3, 0.4) is 0 Å². The minimum atomic E-state index is -0.462. The molecule has 2 amide bonds. The van der Waals surface area contributed by atoms with Crippen LogP contribution in [0, 0.1) is 0 Å². The second-order valence-electron chi connectivity index (χ2n) is 7.15. The van der Waals surface area contributed by atoms with E-state index in [1.807, 2.05) is 26.8 Å². The molecule has 9 heteroatoms. The van der Waals surface area contributed by atoms with Gasteiger partial charge in [0, 0.05) is 29.4 Å². The van der Waals surface area contributed by atoms with Gasteiger partial charge >= 0.3 is 6.03 Å². The number of nitrogens with zero attached hydrogens (tertiary/aromatic N) is 3. The molecule has 0 atom stereocenters. The van der Waals surface area contributed by atoms with Crippen LogP contribution in [0.2, 0.25) is 0 Å². The molecule has 0 bridgehead atoms. The summed E-state index contributed by atoms with van der Waals surface area (Å²) in [7, 11) is 1.52. The molecule has 28 heavy (non-hydrogen) atoms. The van der Waals surface area contributed by atoms with Crippen molar-refractivity contribution in [1.82, 2.24) is 15.1 Å². The molecule has 9 nitrogen and oxygen atoms in total. The summed E-state index contributed by atoms with van der Waals surface area (Å²) in [5.74, 6) is 1.70. The Kier molecular flexibility index (Phi) is 5.16. The maximum absolute atomic E-state index is 12.3. The topological polar surface area (TPSA) is 128 Å². The van der Waals surface area contributed by atoms with E-state index in [-0.39, 0.29) is 11.4 Å². The van der Waals surface area contributed by atoms with Gasteiger partial charge < -0.3 is 20.3 Å². The number of hydrogen-bond donors (Lipinski definition) is 3. The predicted octanol–water partition coefficient (Wildman–Crippen LogP) is 3.66. The quantitative estimate of drug-likeness (QED) is 0.628. The highest BCUT2D eigenvalue weighted by molar-refractivity contribution is 6.00. The number of hydrogen-bond acceptors (Lipinski definition) is 7. The molecule has 3 rings (SSSR count). The van der Waals surface area contributed by atoms with Gasteiger partial charge in [-0.25, -0.2) is 14.8 Å². The molecule has 0 unspecified atom stereocenters. The zero-order valence-corrected chi connectivity index (χ0v) is 16.1. The molecule has 4 N–H and O–H groups in total. The first-order chi connectivity index (χ1) is 13.3. The van der Waals surface area contributed by atoms with E-state index in [0.29, 0.717) is 23.0 Å². The molecular weight excluding hydrogens is 360 g/mol. The van der Waals surface area contributed by atoms with Crippen molar-refractivity contribution < 1.29 is 14.1 Å². The maximum atomic E-state index is 12.3. The van der Waals surface area contributed by atoms with Crippen LogP contribution in [-0.2, 0) is 5.41 Å². The lowest BCUT2D eigenvalue weighted by Crippen LogP contribution is -2.20. The third-order valence-electron chi connectivity index (χ3n) is 3.95. The third-order valence-corrected chi connectivity index (χ3v) is 3.95. The van der Waals surface area contributed by atoms with Gasteiger partial charge in [-0.3, -0.25) is 5.32 Å². The molecular formula is C19H22N6O3. The minimum absolute atomic E-state index is 0.200. The number of amides is 2. The van der Waals surface area contributed by atoms with Crippen molar-refractivity contribution in [2.24, 2.45) is 0 Å². The van der Waals surface area contributed by atoms with Gasteiger partial charge in [0.25, 0.3) is 0 Å². The minimum Gasteiger partial charge on any atom is -0.495 e. The van der Waals surface area contributed by atoms with Crippen molar-refractivity contribution in [2.75, 3.05) is 23.5 Å². The summed E-state index contributed by atoms with van der Waals surface area (Å²) < 4.78 is 10.6. The third kappa shape index (κ3) is 4.37. The second kappa shape index (κ2) is 7.55. The van der Waals surface area contributed by atoms with Crippen LogP contribution in [0.1, 0.15) is 26.5 Å². The summed E-state index contributed by atoms with van der Waals surface area (Å²) in [4.78, 5) is 20.3. The van der Waals surface area contributed by atoms with Gasteiger partial charge in [-0.1, -0.05) is 32.0 Å². The molecule has 0 aliphatic rings. The Bertz CT molecular complexity index is 976. The molecule has 3 aromatic rings. The van der Waals surface area contributed by atoms with E-state index < -0.39 is 6.03 Å². The van der Waals surface area contributed by atoms with E-state index >= 15 is 0 Å². The van der Waals surface area contributed by atoms with Crippen LogP contribution < -0.4 is 21.1 Å². The lowest BCUT2D eigenvalue weighted by atomic mass is 9.93. The largest absolute Gasteiger partial charge is 0.495 e. The number of benzene rings is 1. The normalized spacial score (nSPS) is 11.1. The Balaban J connectivity index is 1.73. The Morgan fingerprint density at radius 3 is 2.43 bits per heavy atom. The average Bonchev–Trinajstić information content (AvgIpc) is 3.11. The standard InChI is InChI=1S/C19H22N6O3/c1-19(2,3)15-8-16(25-28-15)24-18(26)23-13-6-5-11(7-14(13)27-4)12-9-21-17(20)22-10-12/h5-10H,1-4H3,(H2,20,21,22)(H2,23,24,25,26). The number of rotatable bonds is 4. The van der Waals surface area contributed by atoms with Gasteiger partial charge in [-0.05, 0) is 17.7 Å². The van der Waals surface area contributed by atoms with Crippen molar-refractivity contribution in [1.29, 1.82) is 0 Å². The summed E-state index contributed by atoms with van der Waals surface area (Å²) in [6, 6.07) is 6.56. The fourth-order valence-electron chi connectivity index (χ4n) is 2.42. The molecule has 1 aromatic carbocycles. The first-order valence-corrected chi connectivity index (χ1v) is 8.57. The molecule has 0 spiro atoms. The lowest BCUT2D eigenvalue weighted by Gasteiger charge is -2.12. The number of aromatic nitrogens is 3. The van der Waals surface area contributed by atoms with Crippen molar-refractivity contribution in [2.45, 2.75) is 26.2 Å². The average molecular weight is 382 g/mol. The summed E-state index contributed by atoms with van der Waals surface area (Å²) in [5.41, 5.74) is 7.42. The Morgan fingerprint density at radius 2 is 1.82 bits per heavy atom. The molecule has 0 saturated carbocycles. The molecule has 0 radical (unpaired) electrons. The molecule has 2 heterocycles. The highest BCUT2D eigenvalue weighted by Crippen LogP contribution is 2.31. The van der Waals surface area contributed by atoms with E-state index in [0.717, 1.165) is 11.1 Å². The number of carbonyl (C=O) groups excluding carboxylic acids is 1. The molecule has 0 saturated heterocycles. The number of urea groups is 1. The van der Waals surface area contributed by atoms with Crippen molar-refractivity contribution in [3.63, 3.8) is 0 Å². The fraction of sp³-hybridized carbons (Fsp3) is 0.263. The van der Waals surface area contributed by atoms with Crippen LogP contribution in [-0.4, -0.2) is 28.3 Å². The Hall–Kier alpha value is -3.62. The SMILES string of the molecule is COc1cc(-c2cnc(N)nc2)ccc1NC(=O)Nc1cc(C(C)(C)C)on1. The highest BCUT2D eigenvalue weighted by atomic mass is 16.5. The summed E-state index contributed by atoms with van der Waals surface area (Å²) >= 11 is 0. The van der Waals surface area contributed by atoms with Gasteiger partial charge in [-0.2, -0.15) is 0 Å². The highest BCUT2D eigenvalue weighted by Gasteiger charge is 2.20. The van der Waals surface area contributed by atoms with Gasteiger partial charge in [-0.15, -0.1) is 0 Å². The van der Waals surface area contributed by atoms with Gasteiger partial charge in [0.2, 0.25) is 5.95 Å². The number of nitrogens with two attached hydrogens (primary N) is 1. The fourth-order valence-corrected chi connectivity index (χ4v) is 2.42. The predicted molar refractivity (Wildman–Crippen MR) is 106 cm³/mol. The first kappa shape index (κ1) is 19.2. The smallest absolute Gasteiger partial charge is 0.325 e. The van der Waals surface area contributed by atoms with E-state index in [1.54, 1.807) is 30.6 Å². The zero-order valence-electron chi connectivity index (χ0n) is 16.1. The summed E-state index contributed by atoms with van der Waals surface area (Å²) in [6.07, 6.45) is 3.24. The zero-order chi connectivity index (χ0) is 20.3. The van der Waals surface area contributed by atoms with E-state index in [2.05, 4.69) is 25.8 Å². The van der Waals surface area contributed by atoms with Crippen molar-refractivity contribution in [3.05, 3.63) is 42.4 Å². The maximum Gasteiger partial charge on any atom is 0.325 e. The molecule has 2 aromatic heterocycles. The van der Waals surface area contributed by atoms with Gasteiger partial charge in [0.1, 0.15) is 11.5 Å². The Labute approximate surface area is 162 Å². The summed E-state index contributed by atoms with van der Waals surface area (Å²) in [6.45, 7) is 5.99. The van der Waals surface area contributed by atoms with Gasteiger partial charge in [0.05, 0.1) is 12.8 Å². The van der Waals surface area contributed by atoms with Crippen molar-refractivity contribution >= 4 is 23.5 Å². The van der Waals surface area contributed by atoms with Crippen molar-refractivity contribution in [3.8, 4) is 16.9 Å². The number of ether oxygens (including phenoxy) is 1. The molecule has 0 aliphatic heterocycles. The van der Waals surface area contributed by atoms with Crippen LogP contribution in [0.15, 0.2) is 41.2 Å². The first-order valence-electron chi connectivity index (χ1n) is 8.57. The number of anilines is 3. The Morgan fingerprint density at radius 1 is 1.11 bits per heavy atom. The van der Waals surface area contributed by atoms with Crippen LogP contribution in [0.5, 0.6) is 5.75 Å². The van der Waals surface area contributed by atoms with Gasteiger partial charge in [0.15, 0.2) is 5.82 Å². The number of carbonyl (C=O) groups is 1. The van der Waals surface area contributed by atoms with Crippen LogP contribution >= 0.6 is 0 Å². The number of methoxy groups -OCH3 is 1. The molecule has 146 valence electrons. The second-order valence-corrected chi connectivity index (χ2v) is 7.15. The van der Waals surface area contributed by atoms with E-state index in [4.69, 9.17) is 15.0 Å². The van der Waals surface area contributed by atoms with E-state index in [1.165, 1.54) is 7.11 Å². The number of nitrogens with one attached hydrogen (secondary N) is 2. The molecule has 0 aliphatic carbocycles. The monoisotopic (exact) mass is 382 g/mol. The summed E-state index contributed by atoms with van der Waals surface area (Å²) in [5, 5.41) is 9.25. The van der Waals surface area contributed by atoms with Crippen LogP contribution in [0.4, 0.5) is 22.2 Å². The van der Waals surface area contributed by atoms with Crippen LogP contribution in [0.25, 0.3) is 11.1 Å². The van der Waals surface area contributed by atoms with E-state index in [9.17, 15) is 4.79 Å².